The van der Waals surface area contributed by atoms with Crippen molar-refractivity contribution in [2.45, 2.75) is 122 Å². The first-order chi connectivity index (χ1) is 30.5. The number of carbonyl (C=O) groups excluding carboxylic acids is 5. The molecule has 1 aliphatic carbocycles. The molecule has 3 N–H and O–H groups in total. The zero-order chi connectivity index (χ0) is 46.7. The summed E-state index contributed by atoms with van der Waals surface area (Å²) >= 11 is 0. The monoisotopic (exact) mass is 882 g/mol. The lowest BCUT2D eigenvalue weighted by Gasteiger charge is -2.43. The summed E-state index contributed by atoms with van der Waals surface area (Å²) in [7, 11) is 5.00. The molecule has 3 aromatic carbocycles. The summed E-state index contributed by atoms with van der Waals surface area (Å²) in [5, 5.41) is 8.30. The smallest absolute Gasteiger partial charge is 0.408 e. The molecule has 1 saturated heterocycles. The second kappa shape index (κ2) is 22.7. The number of amides is 5. The van der Waals surface area contributed by atoms with Gasteiger partial charge >= 0.3 is 6.09 Å². The first kappa shape index (κ1) is 49.9. The van der Waals surface area contributed by atoms with E-state index in [1.807, 2.05) is 104 Å². The molecule has 0 aromatic heterocycles. The molecule has 3 aromatic rings. The van der Waals surface area contributed by atoms with Gasteiger partial charge in [-0.1, -0.05) is 120 Å². The third-order valence-electron chi connectivity index (χ3n) is 13.4. The predicted octanol–water partition coefficient (Wildman–Crippen LogP) is 6.72. The van der Waals surface area contributed by atoms with Crippen LogP contribution in [0.5, 0.6) is 0 Å². The van der Waals surface area contributed by atoms with Crippen molar-refractivity contribution < 1.29 is 38.2 Å². The number of nitrogens with one attached hydrogen (secondary N) is 3. The largest absolute Gasteiger partial charge is 0.449 e. The molecule has 0 unspecified atom stereocenters. The maximum Gasteiger partial charge on any atom is 0.408 e. The van der Waals surface area contributed by atoms with Crippen molar-refractivity contribution in [1.82, 2.24) is 25.8 Å². The Morgan fingerprint density at radius 1 is 0.844 bits per heavy atom. The van der Waals surface area contributed by atoms with E-state index in [1.165, 1.54) is 13.8 Å². The molecule has 1 aliphatic heterocycles. The molecule has 2 aliphatic rings. The summed E-state index contributed by atoms with van der Waals surface area (Å²) < 4.78 is 17.8. The van der Waals surface area contributed by atoms with E-state index in [1.54, 1.807) is 14.2 Å². The number of fused-ring (bicyclic) bond motifs is 3. The Bertz CT molecular complexity index is 2010. The maximum atomic E-state index is 14.3. The minimum absolute atomic E-state index is 0.0140. The first-order valence-corrected chi connectivity index (χ1v) is 22.9. The number of imide groups is 1. The van der Waals surface area contributed by atoms with Crippen LogP contribution in [0.1, 0.15) is 96.8 Å². The van der Waals surface area contributed by atoms with Gasteiger partial charge in [-0.3, -0.25) is 29.4 Å². The van der Waals surface area contributed by atoms with Crippen LogP contribution >= 0.6 is 0 Å². The van der Waals surface area contributed by atoms with Crippen LogP contribution in [-0.4, -0.2) is 116 Å². The number of nitrogens with zero attached hydrogens (tertiary/aromatic N) is 2. The van der Waals surface area contributed by atoms with Crippen molar-refractivity contribution in [3.05, 3.63) is 95.6 Å². The van der Waals surface area contributed by atoms with Gasteiger partial charge in [-0.15, -0.1) is 0 Å². The van der Waals surface area contributed by atoms with E-state index in [-0.39, 0.29) is 48.6 Å². The number of hydrogen-bond acceptors (Lipinski definition) is 9. The van der Waals surface area contributed by atoms with Gasteiger partial charge < -0.3 is 29.7 Å². The normalized spacial score (nSPS) is 17.8. The van der Waals surface area contributed by atoms with E-state index in [2.05, 4.69) is 41.9 Å². The lowest BCUT2D eigenvalue weighted by Crippen LogP contribution is -2.62. The molecule has 5 amide bonds. The lowest BCUT2D eigenvalue weighted by molar-refractivity contribution is -0.144. The van der Waals surface area contributed by atoms with Gasteiger partial charge in [0.05, 0.1) is 36.6 Å². The van der Waals surface area contributed by atoms with Crippen LogP contribution < -0.4 is 16.0 Å². The Morgan fingerprint density at radius 2 is 1.45 bits per heavy atom. The number of rotatable bonds is 21. The molecule has 7 atom stereocenters. The molecule has 5 rings (SSSR count). The van der Waals surface area contributed by atoms with E-state index in [0.29, 0.717) is 25.9 Å². The fourth-order valence-corrected chi connectivity index (χ4v) is 9.76. The highest BCUT2D eigenvalue weighted by Gasteiger charge is 2.44. The van der Waals surface area contributed by atoms with E-state index >= 15 is 0 Å². The fraction of sp³-hybridized carbons (Fsp3) is 0.549. The topological polar surface area (TPSA) is 156 Å². The number of carbonyl (C=O) groups is 5. The Labute approximate surface area is 380 Å². The van der Waals surface area contributed by atoms with Gasteiger partial charge in [-0.25, -0.2) is 4.79 Å². The number of ether oxygens (including phenoxy) is 3. The number of likely N-dealkylation sites (tertiary alicyclic amines) is 1. The van der Waals surface area contributed by atoms with Crippen LogP contribution in [0.25, 0.3) is 11.1 Å². The number of likely N-dealkylation sites (N-methyl/N-ethyl adjacent to an activating group) is 1. The summed E-state index contributed by atoms with van der Waals surface area (Å²) in [6.07, 6.45) is 1.09. The van der Waals surface area contributed by atoms with Gasteiger partial charge in [0.25, 0.3) is 5.91 Å². The van der Waals surface area contributed by atoms with Crippen LogP contribution in [0.15, 0.2) is 78.9 Å². The highest BCUT2D eigenvalue weighted by atomic mass is 16.5. The van der Waals surface area contributed by atoms with E-state index in [9.17, 15) is 24.0 Å². The highest BCUT2D eigenvalue weighted by molar-refractivity contribution is 6.02. The van der Waals surface area contributed by atoms with Crippen LogP contribution in [0.4, 0.5) is 4.79 Å². The van der Waals surface area contributed by atoms with Crippen molar-refractivity contribution >= 4 is 29.7 Å². The van der Waals surface area contributed by atoms with Crippen molar-refractivity contribution in [3.8, 4) is 11.1 Å². The average Bonchev–Trinajstić information content (AvgIpc) is 3.88. The van der Waals surface area contributed by atoms with E-state index < -0.39 is 53.7 Å². The zero-order valence-electron chi connectivity index (χ0n) is 39.5. The summed E-state index contributed by atoms with van der Waals surface area (Å²) in [4.78, 5) is 72.6. The average molecular weight is 882 g/mol. The molecule has 13 nitrogen and oxygen atoms in total. The summed E-state index contributed by atoms with van der Waals surface area (Å²) in [5.41, 5.74) is 3.99. The van der Waals surface area contributed by atoms with Gasteiger partial charge in [0.1, 0.15) is 12.1 Å². The molecule has 13 heteroatoms. The lowest BCUT2D eigenvalue weighted by atomic mass is 9.87. The number of alkyl carbamates (subject to hydrolysis) is 1. The Morgan fingerprint density at radius 3 is 2.03 bits per heavy atom. The summed E-state index contributed by atoms with van der Waals surface area (Å²) in [6, 6.07) is 24.6. The number of benzene rings is 3. The minimum atomic E-state index is -1.50. The van der Waals surface area contributed by atoms with Gasteiger partial charge in [0, 0.05) is 39.3 Å². The molecule has 0 saturated carbocycles. The summed E-state index contributed by atoms with van der Waals surface area (Å²) in [6.45, 7) is 13.9. The Balaban J connectivity index is 1.21. The molecule has 1 fully saturated rings. The van der Waals surface area contributed by atoms with E-state index in [4.69, 9.17) is 14.2 Å². The predicted molar refractivity (Wildman–Crippen MR) is 248 cm³/mol. The molecule has 1 heterocycles. The molecular weight excluding hydrogens is 811 g/mol. The standard InChI is InChI=1S/C51H71N5O8/c1-11-33(4)45(42(62-9)30-43(57)56-29-19-26-41(56)46(63-10)34(5)47(58)52-28-27-35-20-13-12-14-21-35)55(8)44(32(2)3)48(59)53-49(60)51(6,7)54-50(61)64-31-40-38-24-17-15-22-36(38)37-23-16-18-25-39(37)40/h12-18,20-25,32-34,40-42,44-46H,11,19,26-31H2,1-10H3,(H,52,58)(H,54,61)(H,53,59,60)/t33-,34+,41-,42+,44-,45-,46+/m0/s1. The van der Waals surface area contributed by atoms with Crippen molar-refractivity contribution in [1.29, 1.82) is 0 Å². The maximum absolute atomic E-state index is 14.3. The summed E-state index contributed by atoms with van der Waals surface area (Å²) in [5.74, 6) is -2.36. The Kier molecular flexibility index (Phi) is 17.7. The van der Waals surface area contributed by atoms with Gasteiger partial charge in [0.2, 0.25) is 17.7 Å². The molecule has 64 heavy (non-hydrogen) atoms. The van der Waals surface area contributed by atoms with Crippen molar-refractivity contribution in [3.63, 3.8) is 0 Å². The van der Waals surface area contributed by atoms with E-state index in [0.717, 1.165) is 40.7 Å². The van der Waals surface area contributed by atoms with Crippen LogP contribution in [0, 0.1) is 17.8 Å². The minimum Gasteiger partial charge on any atom is -0.449 e. The third kappa shape index (κ3) is 11.8. The van der Waals surface area contributed by atoms with Gasteiger partial charge in [0.15, 0.2) is 0 Å². The van der Waals surface area contributed by atoms with Crippen molar-refractivity contribution in [2.75, 3.05) is 41.0 Å². The van der Waals surface area contributed by atoms with Crippen molar-refractivity contribution in [2.24, 2.45) is 17.8 Å². The number of hydrogen-bond donors (Lipinski definition) is 3. The van der Waals surface area contributed by atoms with Crippen LogP contribution in [0.3, 0.4) is 0 Å². The first-order valence-electron chi connectivity index (χ1n) is 22.9. The number of methoxy groups -OCH3 is 2. The van der Waals surface area contributed by atoms with Crippen LogP contribution in [0.2, 0.25) is 0 Å². The second-order valence-corrected chi connectivity index (χ2v) is 18.4. The SMILES string of the molecule is CC[C@H](C)[C@@H]([C@@H](CC(=O)N1CCC[C@H]1[C@H](OC)[C@@H](C)C(=O)NCCc1ccccc1)OC)N(C)[C@H](C(=O)NC(=O)C(C)(C)NC(=O)OCC1c2ccccc2-c2ccccc21)C(C)C. The molecule has 348 valence electrons. The fourth-order valence-electron chi connectivity index (χ4n) is 9.76. The quantitative estimate of drug-likeness (QED) is 0.106. The van der Waals surface area contributed by atoms with Gasteiger partial charge in [-0.2, -0.15) is 0 Å². The third-order valence-corrected chi connectivity index (χ3v) is 13.4. The zero-order valence-corrected chi connectivity index (χ0v) is 39.5. The van der Waals surface area contributed by atoms with Crippen LogP contribution in [-0.2, 0) is 39.8 Å². The second-order valence-electron chi connectivity index (χ2n) is 18.4. The molecular formula is C51H71N5O8. The molecule has 0 radical (unpaired) electrons. The molecule has 0 spiro atoms. The molecule has 0 bridgehead atoms. The van der Waals surface area contributed by atoms with Gasteiger partial charge in [-0.05, 0) is 79.8 Å². The Hall–Kier alpha value is -5.11. The highest BCUT2D eigenvalue weighted by Crippen LogP contribution is 2.44.